The van der Waals surface area contributed by atoms with E-state index in [9.17, 15) is 14.4 Å². The van der Waals surface area contributed by atoms with Crippen molar-refractivity contribution in [3.8, 4) is 0 Å². The smallest absolute Gasteiger partial charge is 0.266 e. The van der Waals surface area contributed by atoms with E-state index in [2.05, 4.69) is 5.32 Å². The van der Waals surface area contributed by atoms with Crippen LogP contribution in [0.25, 0.3) is 0 Å². The Kier molecular flexibility index (Phi) is 2.88. The van der Waals surface area contributed by atoms with Gasteiger partial charge in [-0.05, 0) is 42.7 Å². The zero-order valence-electron chi connectivity index (χ0n) is 14.0. The van der Waals surface area contributed by atoms with E-state index in [1.165, 1.54) is 0 Å². The molecule has 6 heteroatoms. The van der Waals surface area contributed by atoms with Gasteiger partial charge in [0.15, 0.2) is 0 Å². The van der Waals surface area contributed by atoms with E-state index in [1.807, 2.05) is 0 Å². The Labute approximate surface area is 150 Å². The maximum Gasteiger partial charge on any atom is 0.266 e. The summed E-state index contributed by atoms with van der Waals surface area (Å²) in [6.45, 7) is 0. The Hall–Kier alpha value is -3.15. The number of hydrogen-bond donors (Lipinski definition) is 2. The van der Waals surface area contributed by atoms with Gasteiger partial charge in [0.05, 0.1) is 33.6 Å². The number of imide groups is 1. The van der Waals surface area contributed by atoms with Crippen molar-refractivity contribution in [2.75, 3.05) is 16.0 Å². The second-order valence-corrected chi connectivity index (χ2v) is 7.19. The Morgan fingerprint density at radius 3 is 2.19 bits per heavy atom. The molecule has 5 rings (SSSR count). The van der Waals surface area contributed by atoms with Gasteiger partial charge in [-0.3, -0.25) is 14.4 Å². The number of hydrogen-bond acceptors (Lipinski definition) is 4. The predicted molar refractivity (Wildman–Crippen MR) is 97.2 cm³/mol. The number of nitrogens with zero attached hydrogens (tertiary/aromatic N) is 1. The summed E-state index contributed by atoms with van der Waals surface area (Å²) in [6, 6.07) is 10.2. The van der Waals surface area contributed by atoms with Gasteiger partial charge in [-0.2, -0.15) is 0 Å². The van der Waals surface area contributed by atoms with Crippen LogP contribution in [0, 0.1) is 0 Å². The van der Waals surface area contributed by atoms with Crippen molar-refractivity contribution in [1.82, 2.24) is 0 Å². The summed E-state index contributed by atoms with van der Waals surface area (Å²) in [5, 5.41) is 2.90. The fourth-order valence-corrected chi connectivity index (χ4v) is 4.55. The topological polar surface area (TPSA) is 92.5 Å². The first-order chi connectivity index (χ1) is 12.5. The van der Waals surface area contributed by atoms with Crippen LogP contribution in [0.4, 0.5) is 17.1 Å². The van der Waals surface area contributed by atoms with E-state index < -0.39 is 5.41 Å². The standard InChI is InChI=1S/C20H17N3O3/c21-15-10-11(23-17(24)12-5-1-2-6-13(12)18(23)25)9-14-16(15)22-19(26)20(14)7-3-4-8-20/h1-2,5-6,9-10H,3-4,7-8,21H2,(H,22,26). The summed E-state index contributed by atoms with van der Waals surface area (Å²) >= 11 is 0. The van der Waals surface area contributed by atoms with E-state index in [4.69, 9.17) is 5.73 Å². The average Bonchev–Trinajstić information content (AvgIpc) is 3.29. The van der Waals surface area contributed by atoms with Crippen LogP contribution in [0.5, 0.6) is 0 Å². The highest BCUT2D eigenvalue weighted by molar-refractivity contribution is 6.34. The molecule has 2 heterocycles. The first-order valence-electron chi connectivity index (χ1n) is 8.76. The largest absolute Gasteiger partial charge is 0.397 e. The molecule has 2 aromatic carbocycles. The average molecular weight is 347 g/mol. The molecular formula is C20H17N3O3. The first-order valence-corrected chi connectivity index (χ1v) is 8.76. The molecule has 1 spiro atoms. The number of amides is 3. The summed E-state index contributed by atoms with van der Waals surface area (Å²) in [4.78, 5) is 39.3. The van der Waals surface area contributed by atoms with E-state index in [0.29, 0.717) is 28.2 Å². The lowest BCUT2D eigenvalue weighted by Gasteiger charge is -2.23. The van der Waals surface area contributed by atoms with Gasteiger partial charge in [-0.15, -0.1) is 0 Å². The predicted octanol–water partition coefficient (Wildman–Crippen LogP) is 2.83. The highest BCUT2D eigenvalue weighted by Gasteiger charge is 2.50. The lowest BCUT2D eigenvalue weighted by Crippen LogP contribution is -2.32. The molecule has 0 bridgehead atoms. The summed E-state index contributed by atoms with van der Waals surface area (Å²) in [7, 11) is 0. The molecule has 6 nitrogen and oxygen atoms in total. The van der Waals surface area contributed by atoms with Crippen molar-refractivity contribution in [1.29, 1.82) is 0 Å². The Morgan fingerprint density at radius 2 is 1.58 bits per heavy atom. The molecule has 2 aliphatic heterocycles. The molecule has 3 N–H and O–H groups in total. The van der Waals surface area contributed by atoms with Crippen LogP contribution in [-0.2, 0) is 10.2 Å². The molecule has 26 heavy (non-hydrogen) atoms. The molecule has 0 radical (unpaired) electrons. The minimum atomic E-state index is -0.585. The van der Waals surface area contributed by atoms with Crippen LogP contribution >= 0.6 is 0 Å². The molecule has 0 saturated heterocycles. The minimum Gasteiger partial charge on any atom is -0.397 e. The van der Waals surface area contributed by atoms with Crippen LogP contribution in [0.3, 0.4) is 0 Å². The number of rotatable bonds is 1. The van der Waals surface area contributed by atoms with Gasteiger partial charge in [0, 0.05) is 0 Å². The van der Waals surface area contributed by atoms with E-state index >= 15 is 0 Å². The lowest BCUT2D eigenvalue weighted by molar-refractivity contribution is -0.120. The molecular weight excluding hydrogens is 330 g/mol. The van der Waals surface area contributed by atoms with E-state index in [0.717, 1.165) is 36.1 Å². The third-order valence-electron chi connectivity index (χ3n) is 5.85. The number of benzene rings is 2. The molecule has 0 atom stereocenters. The summed E-state index contributed by atoms with van der Waals surface area (Å²) in [6.07, 6.45) is 3.47. The second-order valence-electron chi connectivity index (χ2n) is 7.19. The minimum absolute atomic E-state index is 0.0313. The normalized spacial score (nSPS) is 19.8. The zero-order chi connectivity index (χ0) is 18.1. The van der Waals surface area contributed by atoms with Crippen LogP contribution in [-0.4, -0.2) is 17.7 Å². The quantitative estimate of drug-likeness (QED) is 0.613. The number of anilines is 3. The van der Waals surface area contributed by atoms with Gasteiger partial charge in [-0.25, -0.2) is 4.90 Å². The van der Waals surface area contributed by atoms with Crippen LogP contribution < -0.4 is 16.0 Å². The van der Waals surface area contributed by atoms with Crippen molar-refractivity contribution in [3.05, 3.63) is 53.1 Å². The van der Waals surface area contributed by atoms with Gasteiger partial charge in [0.1, 0.15) is 0 Å². The number of carbonyl (C=O) groups excluding carboxylic acids is 3. The van der Waals surface area contributed by atoms with Gasteiger partial charge in [0.2, 0.25) is 5.91 Å². The Balaban J connectivity index is 1.66. The number of carbonyl (C=O) groups is 3. The van der Waals surface area contributed by atoms with Crippen molar-refractivity contribution in [3.63, 3.8) is 0 Å². The van der Waals surface area contributed by atoms with Gasteiger partial charge in [-0.1, -0.05) is 25.0 Å². The third kappa shape index (κ3) is 1.73. The van der Waals surface area contributed by atoms with Crippen LogP contribution in [0.2, 0.25) is 0 Å². The fourth-order valence-electron chi connectivity index (χ4n) is 4.55. The fraction of sp³-hybridized carbons (Fsp3) is 0.250. The van der Waals surface area contributed by atoms with Gasteiger partial charge < -0.3 is 11.1 Å². The highest BCUT2D eigenvalue weighted by Crippen LogP contribution is 2.52. The molecule has 0 aromatic heterocycles. The molecule has 2 aromatic rings. The second kappa shape index (κ2) is 4.94. The third-order valence-corrected chi connectivity index (χ3v) is 5.85. The van der Waals surface area contributed by atoms with Gasteiger partial charge in [0.25, 0.3) is 11.8 Å². The molecule has 1 fully saturated rings. The Bertz CT molecular complexity index is 970. The van der Waals surface area contributed by atoms with Crippen molar-refractivity contribution >= 4 is 34.8 Å². The zero-order valence-corrected chi connectivity index (χ0v) is 14.0. The van der Waals surface area contributed by atoms with Gasteiger partial charge >= 0.3 is 0 Å². The van der Waals surface area contributed by atoms with Crippen LogP contribution in [0.1, 0.15) is 52.0 Å². The molecule has 130 valence electrons. The maximum absolute atomic E-state index is 12.8. The first kappa shape index (κ1) is 15.1. The van der Waals surface area contributed by atoms with Crippen molar-refractivity contribution < 1.29 is 14.4 Å². The van der Waals surface area contributed by atoms with Crippen molar-refractivity contribution in [2.45, 2.75) is 31.1 Å². The number of nitrogens with one attached hydrogen (secondary N) is 1. The molecule has 3 amide bonds. The maximum atomic E-state index is 12.8. The Morgan fingerprint density at radius 1 is 0.962 bits per heavy atom. The molecule has 3 aliphatic rings. The van der Waals surface area contributed by atoms with Crippen LogP contribution in [0.15, 0.2) is 36.4 Å². The van der Waals surface area contributed by atoms with Crippen molar-refractivity contribution in [2.24, 2.45) is 0 Å². The SMILES string of the molecule is Nc1cc(N2C(=O)c3ccccc3C2=O)cc2c1NC(=O)C21CCCC1. The summed E-state index contributed by atoms with van der Waals surface area (Å²) < 4.78 is 0. The lowest BCUT2D eigenvalue weighted by atomic mass is 9.79. The number of nitrogens with two attached hydrogens (primary N) is 1. The molecule has 0 unspecified atom stereocenters. The van der Waals surface area contributed by atoms with E-state index in [1.54, 1.807) is 36.4 Å². The summed E-state index contributed by atoms with van der Waals surface area (Å²) in [5.41, 5.74) is 8.62. The molecule has 1 saturated carbocycles. The highest BCUT2D eigenvalue weighted by atomic mass is 16.2. The monoisotopic (exact) mass is 347 g/mol. The number of fused-ring (bicyclic) bond motifs is 3. The van der Waals surface area contributed by atoms with E-state index in [-0.39, 0.29) is 17.7 Å². The molecule has 1 aliphatic carbocycles. The number of nitrogen functional groups attached to an aromatic ring is 1. The summed E-state index contributed by atoms with van der Waals surface area (Å²) in [5.74, 6) is -0.748.